The Labute approximate surface area is 125 Å². The second kappa shape index (κ2) is 5.86. The van der Waals surface area contributed by atoms with E-state index in [0.29, 0.717) is 0 Å². The van der Waals surface area contributed by atoms with Gasteiger partial charge in [-0.2, -0.15) is 0 Å². The van der Waals surface area contributed by atoms with Crippen LogP contribution in [0.3, 0.4) is 0 Å². The summed E-state index contributed by atoms with van der Waals surface area (Å²) in [5, 5.41) is 10.8. The van der Waals surface area contributed by atoms with E-state index in [1.807, 2.05) is 37.4 Å². The van der Waals surface area contributed by atoms with E-state index in [-0.39, 0.29) is 5.92 Å². The Kier molecular flexibility index (Phi) is 3.93. The summed E-state index contributed by atoms with van der Waals surface area (Å²) < 4.78 is 5.29. The average molecular weight is 283 g/mol. The molecule has 110 valence electrons. The number of nitrogens with zero attached hydrogens (tertiary/aromatic N) is 1. The molecule has 0 aliphatic heterocycles. The summed E-state index contributed by atoms with van der Waals surface area (Å²) in [6.07, 6.45) is 4.46. The molecule has 0 saturated carbocycles. The first-order chi connectivity index (χ1) is 10.2. The van der Waals surface area contributed by atoms with Crippen molar-refractivity contribution in [2.75, 3.05) is 7.11 Å². The maximum Gasteiger partial charge on any atom is 0.121 e. The number of aliphatic hydroxyl groups excluding tert-OH is 1. The van der Waals surface area contributed by atoms with Gasteiger partial charge in [0.15, 0.2) is 0 Å². The number of rotatable bonds is 3. The summed E-state index contributed by atoms with van der Waals surface area (Å²) in [7, 11) is 1.67. The van der Waals surface area contributed by atoms with Gasteiger partial charge in [0.25, 0.3) is 0 Å². The third-order valence-electron chi connectivity index (χ3n) is 4.38. The molecular weight excluding hydrogens is 262 g/mol. The van der Waals surface area contributed by atoms with E-state index in [2.05, 4.69) is 11.1 Å². The maximum absolute atomic E-state index is 10.8. The van der Waals surface area contributed by atoms with Crippen molar-refractivity contribution in [1.29, 1.82) is 0 Å². The molecule has 0 radical (unpaired) electrons. The molecule has 1 aliphatic rings. The molecule has 0 fully saturated rings. The second-order valence-corrected chi connectivity index (χ2v) is 5.72. The van der Waals surface area contributed by atoms with E-state index in [0.717, 1.165) is 41.8 Å². The number of fused-ring (bicyclic) bond motifs is 1. The lowest BCUT2D eigenvalue weighted by molar-refractivity contribution is 0.134. The first-order valence-electron chi connectivity index (χ1n) is 7.47. The number of pyridine rings is 1. The predicted molar refractivity (Wildman–Crippen MR) is 82.6 cm³/mol. The molecule has 0 bridgehead atoms. The monoisotopic (exact) mass is 283 g/mol. The van der Waals surface area contributed by atoms with Gasteiger partial charge in [0.1, 0.15) is 5.75 Å². The fourth-order valence-corrected chi connectivity index (χ4v) is 3.27. The minimum atomic E-state index is -0.511. The lowest BCUT2D eigenvalue weighted by Crippen LogP contribution is -2.18. The van der Waals surface area contributed by atoms with Crippen LogP contribution in [0.1, 0.15) is 47.2 Å². The number of hydrogen-bond acceptors (Lipinski definition) is 3. The summed E-state index contributed by atoms with van der Waals surface area (Å²) in [4.78, 5) is 4.52. The van der Waals surface area contributed by atoms with Crippen molar-refractivity contribution in [1.82, 2.24) is 4.98 Å². The molecule has 2 aromatic rings. The van der Waals surface area contributed by atoms with Gasteiger partial charge in [-0.15, -0.1) is 0 Å². The van der Waals surface area contributed by atoms with Crippen molar-refractivity contribution in [2.24, 2.45) is 0 Å². The lowest BCUT2D eigenvalue weighted by Gasteiger charge is -2.28. The summed E-state index contributed by atoms with van der Waals surface area (Å²) in [6.45, 7) is 2.00. The Morgan fingerprint density at radius 1 is 1.33 bits per heavy atom. The van der Waals surface area contributed by atoms with Crippen LogP contribution in [0.25, 0.3) is 0 Å². The topological polar surface area (TPSA) is 42.4 Å². The van der Waals surface area contributed by atoms with Crippen LogP contribution in [0.15, 0.2) is 36.5 Å². The molecule has 1 aromatic carbocycles. The van der Waals surface area contributed by atoms with Crippen molar-refractivity contribution in [3.63, 3.8) is 0 Å². The average Bonchev–Trinajstić information content (AvgIpc) is 2.53. The first kappa shape index (κ1) is 14.1. The minimum Gasteiger partial charge on any atom is -0.496 e. The van der Waals surface area contributed by atoms with Crippen LogP contribution in [0, 0.1) is 6.92 Å². The molecule has 1 aromatic heterocycles. The quantitative estimate of drug-likeness (QED) is 0.936. The highest BCUT2D eigenvalue weighted by Crippen LogP contribution is 2.39. The van der Waals surface area contributed by atoms with Crippen molar-refractivity contribution in [2.45, 2.75) is 38.2 Å². The number of hydrogen-bond donors (Lipinski definition) is 1. The summed E-state index contributed by atoms with van der Waals surface area (Å²) >= 11 is 0. The summed E-state index contributed by atoms with van der Waals surface area (Å²) in [5.41, 5.74) is 4.32. The fourth-order valence-electron chi connectivity index (χ4n) is 3.27. The SMILES string of the molecule is COc1ccc(C(O)C2CCCc3cccnc32)cc1C. The van der Waals surface area contributed by atoms with Gasteiger partial charge in [0, 0.05) is 17.8 Å². The van der Waals surface area contributed by atoms with E-state index < -0.39 is 6.10 Å². The van der Waals surface area contributed by atoms with Gasteiger partial charge in [-0.1, -0.05) is 12.1 Å². The van der Waals surface area contributed by atoms with Crippen molar-refractivity contribution in [3.8, 4) is 5.75 Å². The summed E-state index contributed by atoms with van der Waals surface area (Å²) in [5.74, 6) is 0.941. The number of methoxy groups -OCH3 is 1. The van der Waals surface area contributed by atoms with E-state index in [4.69, 9.17) is 4.74 Å². The van der Waals surface area contributed by atoms with Crippen molar-refractivity contribution < 1.29 is 9.84 Å². The van der Waals surface area contributed by atoms with Crippen LogP contribution in [0.2, 0.25) is 0 Å². The highest BCUT2D eigenvalue weighted by atomic mass is 16.5. The number of benzene rings is 1. The van der Waals surface area contributed by atoms with Crippen LogP contribution < -0.4 is 4.74 Å². The van der Waals surface area contributed by atoms with Gasteiger partial charge in [-0.3, -0.25) is 4.98 Å². The number of aliphatic hydroxyl groups is 1. The van der Waals surface area contributed by atoms with Gasteiger partial charge < -0.3 is 9.84 Å². The normalized spacial score (nSPS) is 18.9. The van der Waals surface area contributed by atoms with Gasteiger partial charge in [-0.25, -0.2) is 0 Å². The zero-order valence-electron chi connectivity index (χ0n) is 12.5. The van der Waals surface area contributed by atoms with Crippen LogP contribution in [-0.2, 0) is 6.42 Å². The van der Waals surface area contributed by atoms with E-state index in [1.54, 1.807) is 7.11 Å². The molecular formula is C18H21NO2. The molecule has 0 saturated heterocycles. The van der Waals surface area contributed by atoms with Crippen molar-refractivity contribution in [3.05, 3.63) is 58.9 Å². The zero-order valence-corrected chi connectivity index (χ0v) is 12.5. The Morgan fingerprint density at radius 2 is 2.19 bits per heavy atom. The molecule has 3 rings (SSSR count). The Morgan fingerprint density at radius 3 is 2.95 bits per heavy atom. The van der Waals surface area contributed by atoms with Gasteiger partial charge in [0.2, 0.25) is 0 Å². The van der Waals surface area contributed by atoms with Crippen LogP contribution in [-0.4, -0.2) is 17.2 Å². The first-order valence-corrected chi connectivity index (χ1v) is 7.47. The minimum absolute atomic E-state index is 0.0859. The van der Waals surface area contributed by atoms with Gasteiger partial charge in [0.05, 0.1) is 13.2 Å². The third kappa shape index (κ3) is 2.66. The predicted octanol–water partition coefficient (Wildman–Crippen LogP) is 3.55. The third-order valence-corrected chi connectivity index (χ3v) is 4.38. The molecule has 0 spiro atoms. The van der Waals surface area contributed by atoms with E-state index in [9.17, 15) is 5.11 Å². The standard InChI is InChI=1S/C18H21NO2/c1-12-11-14(8-9-16(12)21-2)18(20)15-7-3-5-13-6-4-10-19-17(13)15/h4,6,8-11,15,18,20H,3,5,7H2,1-2H3. The molecule has 1 N–H and O–H groups in total. The van der Waals surface area contributed by atoms with Crippen LogP contribution in [0.5, 0.6) is 5.75 Å². The zero-order chi connectivity index (χ0) is 14.8. The molecule has 2 atom stereocenters. The number of aryl methyl sites for hydroxylation is 2. The van der Waals surface area contributed by atoms with Crippen LogP contribution >= 0.6 is 0 Å². The molecule has 21 heavy (non-hydrogen) atoms. The molecule has 1 heterocycles. The smallest absolute Gasteiger partial charge is 0.121 e. The molecule has 3 nitrogen and oxygen atoms in total. The van der Waals surface area contributed by atoms with E-state index in [1.165, 1.54) is 5.56 Å². The van der Waals surface area contributed by atoms with E-state index >= 15 is 0 Å². The Hall–Kier alpha value is -1.87. The number of ether oxygens (including phenoxy) is 1. The second-order valence-electron chi connectivity index (χ2n) is 5.72. The molecule has 0 amide bonds. The largest absolute Gasteiger partial charge is 0.496 e. The van der Waals surface area contributed by atoms with Gasteiger partial charge in [-0.05, 0) is 61.1 Å². The highest BCUT2D eigenvalue weighted by molar-refractivity contribution is 5.38. The summed E-state index contributed by atoms with van der Waals surface area (Å²) in [6, 6.07) is 10.00. The maximum atomic E-state index is 10.8. The Balaban J connectivity index is 1.92. The lowest BCUT2D eigenvalue weighted by atomic mass is 9.81. The molecule has 2 unspecified atom stereocenters. The van der Waals surface area contributed by atoms with Crippen molar-refractivity contribution >= 4 is 0 Å². The molecule has 1 aliphatic carbocycles. The van der Waals surface area contributed by atoms with Gasteiger partial charge >= 0.3 is 0 Å². The molecule has 3 heteroatoms. The fraction of sp³-hybridized carbons (Fsp3) is 0.389. The Bertz CT molecular complexity index is 639. The van der Waals surface area contributed by atoms with Crippen LogP contribution in [0.4, 0.5) is 0 Å². The number of aromatic nitrogens is 1. The highest BCUT2D eigenvalue weighted by Gasteiger charge is 2.28.